The van der Waals surface area contributed by atoms with E-state index >= 15 is 0 Å². The van der Waals surface area contributed by atoms with Gasteiger partial charge < -0.3 is 5.32 Å². The summed E-state index contributed by atoms with van der Waals surface area (Å²) in [5, 5.41) is 3.09. The monoisotopic (exact) mass is 309 g/mol. The van der Waals surface area contributed by atoms with Gasteiger partial charge in [-0.05, 0) is 45.2 Å². The zero-order chi connectivity index (χ0) is 14.3. The molecule has 0 aromatic carbocycles. The van der Waals surface area contributed by atoms with Gasteiger partial charge in [0.15, 0.2) is 0 Å². The highest BCUT2D eigenvalue weighted by molar-refractivity contribution is 7.98. The molecule has 0 radical (unpaired) electrons. The second kappa shape index (κ2) is 8.46. The van der Waals surface area contributed by atoms with Crippen molar-refractivity contribution in [2.75, 3.05) is 32.1 Å². The van der Waals surface area contributed by atoms with E-state index in [1.807, 2.05) is 20.2 Å². The number of likely N-dealkylation sites (N-methyl/N-ethyl adjacent to an activating group) is 1. The summed E-state index contributed by atoms with van der Waals surface area (Å²) in [4.78, 5) is 0. The molecule has 0 aromatic heterocycles. The minimum Gasteiger partial charge on any atom is -0.318 e. The molecular formula is C12H27N3O2S2. The molecule has 7 heteroatoms. The first kappa shape index (κ1) is 17.2. The first-order valence-electron chi connectivity index (χ1n) is 6.94. The molecule has 1 aliphatic rings. The molecule has 1 aliphatic heterocycles. The summed E-state index contributed by atoms with van der Waals surface area (Å²) in [5.41, 5.74) is 0. The normalized spacial score (nSPS) is 23.4. The van der Waals surface area contributed by atoms with E-state index in [9.17, 15) is 8.42 Å². The predicted molar refractivity (Wildman–Crippen MR) is 82.8 cm³/mol. The van der Waals surface area contributed by atoms with E-state index in [1.165, 1.54) is 0 Å². The average Bonchev–Trinajstić information content (AvgIpc) is 2.37. The Morgan fingerprint density at radius 2 is 2.16 bits per heavy atom. The van der Waals surface area contributed by atoms with Gasteiger partial charge in [0.25, 0.3) is 10.2 Å². The summed E-state index contributed by atoms with van der Waals surface area (Å²) in [6.07, 6.45) is 5.92. The second-order valence-corrected chi connectivity index (χ2v) is 7.76. The van der Waals surface area contributed by atoms with Crippen LogP contribution in [0.4, 0.5) is 0 Å². The lowest BCUT2D eigenvalue weighted by molar-refractivity contribution is 0.245. The van der Waals surface area contributed by atoms with E-state index < -0.39 is 10.2 Å². The number of piperidine rings is 1. The van der Waals surface area contributed by atoms with Crippen molar-refractivity contribution in [3.05, 3.63) is 0 Å². The zero-order valence-electron chi connectivity index (χ0n) is 12.2. The van der Waals surface area contributed by atoms with Crippen molar-refractivity contribution in [2.45, 2.75) is 44.7 Å². The maximum Gasteiger partial charge on any atom is 0.279 e. The molecule has 0 saturated carbocycles. The number of hydrogen-bond donors (Lipinski definition) is 2. The maximum atomic E-state index is 12.4. The average molecular weight is 310 g/mol. The van der Waals surface area contributed by atoms with Gasteiger partial charge >= 0.3 is 0 Å². The van der Waals surface area contributed by atoms with Crippen molar-refractivity contribution in [3.63, 3.8) is 0 Å². The molecular weight excluding hydrogens is 282 g/mol. The molecule has 0 spiro atoms. The maximum absolute atomic E-state index is 12.4. The molecule has 1 fully saturated rings. The van der Waals surface area contributed by atoms with E-state index in [-0.39, 0.29) is 12.1 Å². The molecule has 0 aromatic rings. The third kappa shape index (κ3) is 5.59. The standard InChI is InChI=1S/C12H27N3O2S2/c1-11(7-9-18-3)14-19(16,17)15-8-5-4-6-12(15)10-13-2/h11-14H,4-10H2,1-3H3. The summed E-state index contributed by atoms with van der Waals surface area (Å²) in [5.74, 6) is 0.976. The lowest BCUT2D eigenvalue weighted by Gasteiger charge is -2.35. The minimum atomic E-state index is -3.35. The summed E-state index contributed by atoms with van der Waals surface area (Å²) >= 11 is 1.74. The molecule has 2 unspecified atom stereocenters. The molecule has 5 nitrogen and oxygen atoms in total. The van der Waals surface area contributed by atoms with Crippen LogP contribution in [0.1, 0.15) is 32.6 Å². The summed E-state index contributed by atoms with van der Waals surface area (Å²) in [6.45, 7) is 3.29. The molecule has 2 N–H and O–H groups in total. The first-order chi connectivity index (χ1) is 9.01. The molecule has 19 heavy (non-hydrogen) atoms. The Morgan fingerprint density at radius 1 is 1.42 bits per heavy atom. The summed E-state index contributed by atoms with van der Waals surface area (Å²) in [7, 11) is -1.48. The fourth-order valence-electron chi connectivity index (χ4n) is 2.41. The SMILES string of the molecule is CNCC1CCCCN1S(=O)(=O)NC(C)CCSC. The first-order valence-corrected chi connectivity index (χ1v) is 9.77. The lowest BCUT2D eigenvalue weighted by Crippen LogP contribution is -2.53. The summed E-state index contributed by atoms with van der Waals surface area (Å²) < 4.78 is 29.3. The van der Waals surface area contributed by atoms with Crippen molar-refractivity contribution in [1.82, 2.24) is 14.3 Å². The van der Waals surface area contributed by atoms with E-state index in [2.05, 4.69) is 10.0 Å². The molecule has 1 rings (SSSR count). The van der Waals surface area contributed by atoms with Gasteiger partial charge in [0.05, 0.1) is 0 Å². The number of hydrogen-bond acceptors (Lipinski definition) is 4. The molecule has 114 valence electrons. The Morgan fingerprint density at radius 3 is 2.79 bits per heavy atom. The molecule has 2 atom stereocenters. The Labute approximate surface area is 122 Å². The highest BCUT2D eigenvalue weighted by Crippen LogP contribution is 2.19. The van der Waals surface area contributed by atoms with Gasteiger partial charge in [-0.1, -0.05) is 6.42 Å². The van der Waals surface area contributed by atoms with Gasteiger partial charge in [-0.3, -0.25) is 0 Å². The second-order valence-electron chi connectivity index (χ2n) is 5.12. The highest BCUT2D eigenvalue weighted by Gasteiger charge is 2.32. The van der Waals surface area contributed by atoms with Crippen LogP contribution in [0.5, 0.6) is 0 Å². The van der Waals surface area contributed by atoms with E-state index in [1.54, 1.807) is 16.1 Å². The Bertz CT molecular complexity index is 347. The van der Waals surface area contributed by atoms with Gasteiger partial charge in [0, 0.05) is 25.2 Å². The molecule has 0 amide bonds. The molecule has 1 saturated heterocycles. The molecule has 0 aliphatic carbocycles. The van der Waals surface area contributed by atoms with Gasteiger partial charge in [-0.2, -0.15) is 29.2 Å². The third-order valence-electron chi connectivity index (χ3n) is 3.43. The van der Waals surface area contributed by atoms with Gasteiger partial charge in [-0.25, -0.2) is 0 Å². The lowest BCUT2D eigenvalue weighted by atomic mass is 10.1. The molecule has 1 heterocycles. The van der Waals surface area contributed by atoms with Crippen LogP contribution >= 0.6 is 11.8 Å². The zero-order valence-corrected chi connectivity index (χ0v) is 13.8. The van der Waals surface area contributed by atoms with Crippen LogP contribution in [-0.2, 0) is 10.2 Å². The Hall–Kier alpha value is 0.180. The fourth-order valence-corrected chi connectivity index (χ4v) is 4.70. The van der Waals surface area contributed by atoms with Crippen molar-refractivity contribution in [1.29, 1.82) is 0 Å². The van der Waals surface area contributed by atoms with Gasteiger partial charge in [0.1, 0.15) is 0 Å². The van der Waals surface area contributed by atoms with Crippen molar-refractivity contribution < 1.29 is 8.42 Å². The Kier molecular flexibility index (Phi) is 7.68. The van der Waals surface area contributed by atoms with Crippen molar-refractivity contribution in [2.24, 2.45) is 0 Å². The van der Waals surface area contributed by atoms with E-state index in [0.717, 1.165) is 38.0 Å². The van der Waals surface area contributed by atoms with Gasteiger partial charge in [-0.15, -0.1) is 0 Å². The quantitative estimate of drug-likeness (QED) is 0.703. The van der Waals surface area contributed by atoms with E-state index in [4.69, 9.17) is 0 Å². The highest BCUT2D eigenvalue weighted by atomic mass is 32.2. The number of nitrogens with one attached hydrogen (secondary N) is 2. The van der Waals surface area contributed by atoms with Crippen LogP contribution in [-0.4, -0.2) is 57.0 Å². The van der Waals surface area contributed by atoms with Crippen molar-refractivity contribution in [3.8, 4) is 0 Å². The van der Waals surface area contributed by atoms with Crippen LogP contribution in [0.2, 0.25) is 0 Å². The van der Waals surface area contributed by atoms with Crippen LogP contribution in [0, 0.1) is 0 Å². The summed E-state index contributed by atoms with van der Waals surface area (Å²) in [6, 6.07) is 0.0820. The van der Waals surface area contributed by atoms with Crippen LogP contribution < -0.4 is 10.0 Å². The van der Waals surface area contributed by atoms with E-state index in [0.29, 0.717) is 6.54 Å². The predicted octanol–water partition coefficient (Wildman–Crippen LogP) is 1.04. The third-order valence-corrected chi connectivity index (χ3v) is 5.87. The Balaban J connectivity index is 2.62. The van der Waals surface area contributed by atoms with Crippen molar-refractivity contribution >= 4 is 22.0 Å². The number of thioether (sulfide) groups is 1. The van der Waals surface area contributed by atoms with Crippen LogP contribution in [0.15, 0.2) is 0 Å². The number of nitrogens with zero attached hydrogens (tertiary/aromatic N) is 1. The number of rotatable bonds is 8. The smallest absolute Gasteiger partial charge is 0.279 e. The minimum absolute atomic E-state index is 0.00499. The van der Waals surface area contributed by atoms with Gasteiger partial charge in [0.2, 0.25) is 0 Å². The molecule has 0 bridgehead atoms. The largest absolute Gasteiger partial charge is 0.318 e. The topological polar surface area (TPSA) is 61.4 Å². The van der Waals surface area contributed by atoms with Crippen LogP contribution in [0.3, 0.4) is 0 Å². The fraction of sp³-hybridized carbons (Fsp3) is 1.00. The van der Waals surface area contributed by atoms with Crippen LogP contribution in [0.25, 0.3) is 0 Å².